The Hall–Kier alpha value is 1.68. The molecule has 0 bridgehead atoms. The van der Waals surface area contributed by atoms with E-state index in [1.54, 1.807) is 0 Å². The maximum Gasteiger partial charge on any atom is 0.423 e. The molecule has 0 saturated carbocycles. The van der Waals surface area contributed by atoms with Crippen LogP contribution < -0.4 is 0 Å². The van der Waals surface area contributed by atoms with Gasteiger partial charge in [-0.2, -0.15) is 13.2 Å². The van der Waals surface area contributed by atoms with Crippen molar-refractivity contribution in [1.29, 1.82) is 0 Å². The summed E-state index contributed by atoms with van der Waals surface area (Å²) in [6.45, 7) is 0. The van der Waals surface area contributed by atoms with E-state index in [-0.39, 0.29) is 0 Å². The predicted molar refractivity (Wildman–Crippen MR) is 41.0 cm³/mol. The summed E-state index contributed by atoms with van der Waals surface area (Å²) >= 11 is 2.75. The van der Waals surface area contributed by atoms with Gasteiger partial charge in [-0.05, 0) is 44.1 Å². The van der Waals surface area contributed by atoms with Crippen LogP contribution in [0.15, 0.2) is 0 Å². The van der Waals surface area contributed by atoms with Gasteiger partial charge in [-0.3, -0.25) is 0 Å². The summed E-state index contributed by atoms with van der Waals surface area (Å²) in [7, 11) is 0. The third-order valence-electron chi connectivity index (χ3n) is 0.192. The normalized spacial score (nSPS) is 12.9. The van der Waals surface area contributed by atoms with Crippen molar-refractivity contribution >= 4 is 47.3 Å². The molecule has 6 heteroatoms. The van der Waals surface area contributed by atoms with Gasteiger partial charge >= 0.3 is 5.92 Å². The fraction of sp³-hybridized carbons (Fsp3) is 1.00. The van der Waals surface area contributed by atoms with Crippen LogP contribution in [0.5, 0.6) is 0 Å². The highest BCUT2D eigenvalue weighted by Gasteiger charge is 2.35. The first-order valence-corrected chi connectivity index (χ1v) is 8.04. The van der Waals surface area contributed by atoms with E-state index in [4.69, 9.17) is 0 Å². The lowest BCUT2D eigenvalue weighted by Gasteiger charge is -2.03. The van der Waals surface area contributed by atoms with Crippen LogP contribution in [-0.4, -0.2) is 5.92 Å². The summed E-state index contributed by atoms with van der Waals surface area (Å²) in [5.74, 6) is -3.96. The van der Waals surface area contributed by atoms with Gasteiger partial charge in [0.1, 0.15) is 3.21 Å². The van der Waals surface area contributed by atoms with Crippen LogP contribution in [-0.2, 0) is 0 Å². The van der Waals surface area contributed by atoms with Crippen LogP contribution in [0.4, 0.5) is 13.2 Å². The smallest absolute Gasteiger partial charge is 0.165 e. The van der Waals surface area contributed by atoms with Crippen molar-refractivity contribution < 1.29 is 13.2 Å². The van der Waals surface area contributed by atoms with Gasteiger partial charge in [0.25, 0.3) is 0 Å². The Morgan fingerprint density at radius 2 is 1.29 bits per heavy atom. The Kier molecular flexibility index (Phi) is 3.73. The van der Waals surface area contributed by atoms with E-state index in [9.17, 15) is 13.2 Å². The monoisotopic (exact) mass is 354 g/mol. The van der Waals surface area contributed by atoms with E-state index in [1.165, 1.54) is 44.1 Å². The predicted octanol–water partition coefficient (Wildman–Crippen LogP) is 3.69. The molecule has 0 amide bonds. The first-order chi connectivity index (χ1) is 2.94. The van der Waals surface area contributed by atoms with Crippen molar-refractivity contribution in [2.24, 2.45) is 0 Å². The van der Waals surface area contributed by atoms with Crippen LogP contribution in [0.25, 0.3) is 0 Å². The molecule has 0 aromatic carbocycles. The molecule has 0 aliphatic rings. The lowest BCUT2D eigenvalue weighted by Crippen LogP contribution is -1.95. The van der Waals surface area contributed by atoms with Gasteiger partial charge in [0.2, 0.25) is 0 Å². The second-order valence-electron chi connectivity index (χ2n) is 0.701. The molecule has 0 rings (SSSR count). The molecule has 0 heterocycles. The van der Waals surface area contributed by atoms with Crippen molar-refractivity contribution in [1.82, 2.24) is 0 Å². The van der Waals surface area contributed by atoms with Gasteiger partial charge < -0.3 is 0 Å². The van der Waals surface area contributed by atoms with Gasteiger partial charge in [0.05, 0.1) is 0 Å². The molecule has 0 aromatic heterocycles. The second-order valence-corrected chi connectivity index (χ2v) is 13.0. The van der Waals surface area contributed by atoms with Gasteiger partial charge in [-0.1, -0.05) is 0 Å². The highest BCUT2D eigenvalue weighted by atomic mass is 127. The molecule has 0 fully saturated rings. The van der Waals surface area contributed by atoms with Crippen LogP contribution in [0.2, 0.25) is 0 Å². The molecule has 0 N–H and O–H groups in total. The molecule has 0 nitrogen and oxygen atoms in total. The van der Waals surface area contributed by atoms with Crippen molar-refractivity contribution in [3.63, 3.8) is 0 Å². The first-order valence-electron chi connectivity index (χ1n) is 1.13. The molecule has 0 radical (unpaired) electrons. The molecular weight excluding hydrogens is 354 g/mol. The minimum atomic E-state index is -3.96. The zero-order valence-electron chi connectivity index (χ0n) is 2.84. The summed E-state index contributed by atoms with van der Waals surface area (Å²) in [4.78, 5) is 0. The van der Waals surface area contributed by atoms with E-state index < -0.39 is 9.12 Å². The third-order valence-corrected chi connectivity index (χ3v) is 3.86. The molecule has 0 aliphatic heterocycles. The lowest BCUT2D eigenvalue weighted by molar-refractivity contribution is -0.0351. The van der Waals surface area contributed by atoms with Gasteiger partial charge in [0, 0.05) is 0 Å². The van der Waals surface area contributed by atoms with Crippen molar-refractivity contribution in [3.8, 4) is 0 Å². The van der Waals surface area contributed by atoms with Gasteiger partial charge in [0.15, 0.2) is 0 Å². The topological polar surface area (TPSA) is 0 Å². The van der Waals surface area contributed by atoms with Crippen LogP contribution in [0, 0.1) is 0 Å². The third kappa shape index (κ3) is 4.20. The Balaban J connectivity index is 3.54. The van der Waals surface area contributed by atoms with Crippen LogP contribution in [0.3, 0.4) is 0 Å². The first kappa shape index (κ1) is 8.68. The summed E-state index contributed by atoms with van der Waals surface area (Å²) in [5, 5.41) is 0. The summed E-state index contributed by atoms with van der Waals surface area (Å²) in [6.07, 6.45) is 0. The molecular formula is CF3I2P. The fourth-order valence-electron chi connectivity index (χ4n) is 0. The minimum absolute atomic E-state index is 1.38. The van der Waals surface area contributed by atoms with Crippen molar-refractivity contribution in [3.05, 3.63) is 0 Å². The second kappa shape index (κ2) is 3.00. The van der Waals surface area contributed by atoms with Crippen molar-refractivity contribution in [2.75, 3.05) is 0 Å². The number of hydrogen-bond donors (Lipinski definition) is 0. The zero-order chi connectivity index (χ0) is 6.08. The Morgan fingerprint density at radius 1 is 1.14 bits per heavy atom. The van der Waals surface area contributed by atoms with E-state index >= 15 is 0 Å². The zero-order valence-corrected chi connectivity index (χ0v) is 8.05. The Morgan fingerprint density at radius 3 is 1.29 bits per heavy atom. The number of alkyl halides is 3. The average Bonchev–Trinajstić information content (AvgIpc) is 1.31. The Labute approximate surface area is 65.9 Å². The standard InChI is InChI=1S/CF3I2P/c2-1(3,4)7(5)6. The highest BCUT2D eigenvalue weighted by molar-refractivity contribution is 14.3. The lowest BCUT2D eigenvalue weighted by atomic mass is 11.6. The maximum atomic E-state index is 11.2. The molecule has 0 saturated heterocycles. The largest absolute Gasteiger partial charge is 0.423 e. The molecule has 44 valence electrons. The van der Waals surface area contributed by atoms with Gasteiger partial charge in [-0.25, -0.2) is 0 Å². The van der Waals surface area contributed by atoms with Crippen molar-refractivity contribution in [2.45, 2.75) is 5.92 Å². The maximum absolute atomic E-state index is 11.2. The molecule has 0 aliphatic carbocycles. The molecule has 0 unspecified atom stereocenters. The average molecular weight is 354 g/mol. The SMILES string of the molecule is FC(F)(F)P(I)I. The quantitative estimate of drug-likeness (QED) is 0.460. The van der Waals surface area contributed by atoms with Crippen LogP contribution >= 0.6 is 47.3 Å². The minimum Gasteiger partial charge on any atom is -0.165 e. The summed E-state index contributed by atoms with van der Waals surface area (Å²) < 4.78 is 31.8. The number of halogens is 5. The number of hydrogen-bond acceptors (Lipinski definition) is 0. The molecule has 7 heavy (non-hydrogen) atoms. The molecule has 0 atom stereocenters. The van der Waals surface area contributed by atoms with Crippen LogP contribution in [0.1, 0.15) is 0 Å². The Bertz CT molecular complexity index is 58.4. The van der Waals surface area contributed by atoms with E-state index in [0.717, 1.165) is 0 Å². The number of rotatable bonds is 0. The molecule has 0 aromatic rings. The van der Waals surface area contributed by atoms with E-state index in [0.29, 0.717) is 0 Å². The molecule has 0 spiro atoms. The van der Waals surface area contributed by atoms with E-state index in [1.807, 2.05) is 0 Å². The highest BCUT2D eigenvalue weighted by Crippen LogP contribution is 2.66. The van der Waals surface area contributed by atoms with E-state index in [2.05, 4.69) is 0 Å². The summed E-state index contributed by atoms with van der Waals surface area (Å²) in [6, 6.07) is 0. The summed E-state index contributed by atoms with van der Waals surface area (Å²) in [5.41, 5.74) is 0. The van der Waals surface area contributed by atoms with Gasteiger partial charge in [-0.15, -0.1) is 0 Å². The fourth-order valence-corrected chi connectivity index (χ4v) is 0.